The molecule has 0 bridgehead atoms. The van der Waals surface area contributed by atoms with Crippen LogP contribution < -0.4 is 0 Å². The van der Waals surface area contributed by atoms with Gasteiger partial charge in [-0.3, -0.25) is 0 Å². The maximum atomic E-state index is 15.0. The second-order valence-electron chi connectivity index (χ2n) is 9.10. The van der Waals surface area contributed by atoms with Crippen molar-refractivity contribution in [1.29, 1.82) is 0 Å². The Balaban J connectivity index is 1.55. The quantitative estimate of drug-likeness (QED) is 0.241. The molecule has 2 unspecified atom stereocenters. The number of rotatable bonds is 7. The van der Waals surface area contributed by atoms with Crippen molar-refractivity contribution < 1.29 is 22.3 Å². The van der Waals surface area contributed by atoms with E-state index < -0.39 is 29.4 Å². The Morgan fingerprint density at radius 2 is 1.43 bits per heavy atom. The lowest BCUT2D eigenvalue weighted by Crippen LogP contribution is -2.20. The van der Waals surface area contributed by atoms with Gasteiger partial charge < -0.3 is 4.74 Å². The third-order valence-electron chi connectivity index (χ3n) is 6.70. The summed E-state index contributed by atoms with van der Waals surface area (Å²) >= 11 is 0. The van der Waals surface area contributed by atoms with E-state index in [4.69, 9.17) is 4.74 Å². The molecule has 3 aromatic carbocycles. The Morgan fingerprint density at radius 3 is 2.00 bits per heavy atom. The van der Waals surface area contributed by atoms with Crippen LogP contribution in [0.2, 0.25) is 0 Å². The largest absolute Gasteiger partial charge is 0.373 e. The summed E-state index contributed by atoms with van der Waals surface area (Å²) < 4.78 is 65.0. The fourth-order valence-corrected chi connectivity index (χ4v) is 4.68. The summed E-state index contributed by atoms with van der Waals surface area (Å²) in [7, 11) is 0. The Hall–Kier alpha value is -2.92. The molecule has 35 heavy (non-hydrogen) atoms. The van der Waals surface area contributed by atoms with E-state index in [0.29, 0.717) is 42.1 Å². The number of hydrogen-bond donors (Lipinski definition) is 0. The van der Waals surface area contributed by atoms with Crippen LogP contribution in [0.5, 0.6) is 0 Å². The van der Waals surface area contributed by atoms with Crippen LogP contribution in [0, 0.1) is 29.2 Å². The molecular formula is C30H30F4O. The second-order valence-corrected chi connectivity index (χ2v) is 9.10. The molecule has 184 valence electrons. The smallest absolute Gasteiger partial charge is 0.167 e. The minimum atomic E-state index is -0.938. The van der Waals surface area contributed by atoms with Gasteiger partial charge in [0.25, 0.3) is 0 Å². The van der Waals surface area contributed by atoms with Crippen LogP contribution in [0.3, 0.4) is 0 Å². The third-order valence-corrected chi connectivity index (χ3v) is 6.70. The first kappa shape index (κ1) is 25.2. The van der Waals surface area contributed by atoms with E-state index in [-0.39, 0.29) is 16.7 Å². The molecule has 0 spiro atoms. The van der Waals surface area contributed by atoms with Gasteiger partial charge in [0.1, 0.15) is 0 Å². The van der Waals surface area contributed by atoms with Crippen LogP contribution in [0.1, 0.15) is 56.8 Å². The Kier molecular flexibility index (Phi) is 8.07. The molecule has 0 N–H and O–H groups in total. The molecule has 0 aliphatic carbocycles. The van der Waals surface area contributed by atoms with Crippen LogP contribution in [-0.4, -0.2) is 6.61 Å². The van der Waals surface area contributed by atoms with E-state index in [0.717, 1.165) is 19.3 Å². The molecule has 1 heterocycles. The average Bonchev–Trinajstić information content (AvgIpc) is 2.88. The van der Waals surface area contributed by atoms with Crippen LogP contribution in [0.4, 0.5) is 17.6 Å². The maximum Gasteiger partial charge on any atom is 0.167 e. The zero-order valence-electron chi connectivity index (χ0n) is 20.1. The number of halogens is 4. The Morgan fingerprint density at radius 1 is 0.800 bits per heavy atom. The molecule has 1 saturated heterocycles. The number of aryl methyl sites for hydroxylation is 1. The van der Waals surface area contributed by atoms with Gasteiger partial charge in [-0.25, -0.2) is 17.6 Å². The van der Waals surface area contributed by atoms with Crippen LogP contribution >= 0.6 is 0 Å². The van der Waals surface area contributed by atoms with E-state index in [2.05, 4.69) is 6.08 Å². The van der Waals surface area contributed by atoms with Gasteiger partial charge in [-0.15, -0.1) is 0 Å². The van der Waals surface area contributed by atoms with Crippen LogP contribution in [-0.2, 0) is 11.2 Å². The minimum Gasteiger partial charge on any atom is -0.373 e. The molecule has 4 rings (SSSR count). The molecule has 0 amide bonds. The SMILES string of the molecule is C/C=C/C1CCC(c2ccc(-c3ccc(-c4ccc(CCCC)c(F)c4F)cc3)c(F)c2F)OC1. The summed E-state index contributed by atoms with van der Waals surface area (Å²) in [6.45, 7) is 4.43. The van der Waals surface area contributed by atoms with Crippen molar-refractivity contribution in [2.45, 2.75) is 52.1 Å². The molecule has 0 radical (unpaired) electrons. The summed E-state index contributed by atoms with van der Waals surface area (Å²) in [6, 6.07) is 12.7. The Labute approximate surface area is 204 Å². The molecule has 0 saturated carbocycles. The number of benzene rings is 3. The van der Waals surface area contributed by atoms with Crippen LogP contribution in [0.25, 0.3) is 22.3 Å². The monoisotopic (exact) mass is 482 g/mol. The first-order valence-corrected chi connectivity index (χ1v) is 12.2. The average molecular weight is 483 g/mol. The van der Waals surface area contributed by atoms with Gasteiger partial charge >= 0.3 is 0 Å². The molecule has 5 heteroatoms. The van der Waals surface area contributed by atoms with E-state index in [9.17, 15) is 13.2 Å². The molecule has 0 aromatic heterocycles. The van der Waals surface area contributed by atoms with Crippen molar-refractivity contribution >= 4 is 0 Å². The highest BCUT2D eigenvalue weighted by atomic mass is 19.2. The van der Waals surface area contributed by atoms with E-state index in [1.807, 2.05) is 19.9 Å². The lowest BCUT2D eigenvalue weighted by molar-refractivity contribution is -0.00743. The van der Waals surface area contributed by atoms with Gasteiger partial charge in [0, 0.05) is 22.6 Å². The predicted molar refractivity (Wildman–Crippen MR) is 132 cm³/mol. The van der Waals surface area contributed by atoms with Crippen molar-refractivity contribution in [3.05, 3.63) is 95.1 Å². The summed E-state index contributed by atoms with van der Waals surface area (Å²) in [5.41, 5.74) is 1.76. The summed E-state index contributed by atoms with van der Waals surface area (Å²) in [5.74, 6) is -3.26. The standard InChI is InChI=1S/C30H30F4O/c1-3-5-7-22-13-14-23(28(32)27(22)31)20-9-11-21(12-10-20)24-15-16-25(30(34)29(24)33)26-17-8-19(6-4-2)18-35-26/h4,6,9-16,19,26H,3,5,7-8,17-18H2,1-2H3/b6-4+. The number of hydrogen-bond acceptors (Lipinski definition) is 1. The van der Waals surface area contributed by atoms with E-state index in [1.54, 1.807) is 48.5 Å². The van der Waals surface area contributed by atoms with E-state index >= 15 is 4.39 Å². The molecule has 1 aliphatic heterocycles. The molecule has 1 aliphatic rings. The number of unbranched alkanes of at least 4 members (excludes halogenated alkanes) is 1. The summed E-state index contributed by atoms with van der Waals surface area (Å²) in [6.07, 6.45) is 7.22. The molecule has 1 nitrogen and oxygen atoms in total. The minimum absolute atomic E-state index is 0.113. The van der Waals surface area contributed by atoms with Gasteiger partial charge in [-0.1, -0.05) is 74.0 Å². The van der Waals surface area contributed by atoms with Crippen molar-refractivity contribution in [3.63, 3.8) is 0 Å². The predicted octanol–water partition coefficient (Wildman–Crippen LogP) is 8.96. The molecule has 1 fully saturated rings. The lowest BCUT2D eigenvalue weighted by Gasteiger charge is -2.28. The normalized spacial score (nSPS) is 18.3. The second kappa shape index (κ2) is 11.2. The highest BCUT2D eigenvalue weighted by Crippen LogP contribution is 2.36. The van der Waals surface area contributed by atoms with Gasteiger partial charge in [0.2, 0.25) is 0 Å². The topological polar surface area (TPSA) is 9.23 Å². The lowest BCUT2D eigenvalue weighted by atomic mass is 9.92. The van der Waals surface area contributed by atoms with Crippen molar-refractivity contribution in [1.82, 2.24) is 0 Å². The van der Waals surface area contributed by atoms with Gasteiger partial charge in [-0.05, 0) is 49.3 Å². The van der Waals surface area contributed by atoms with Crippen molar-refractivity contribution in [2.75, 3.05) is 6.61 Å². The molecule has 3 aromatic rings. The Bertz CT molecular complexity index is 1190. The third kappa shape index (κ3) is 5.35. The molecule has 2 atom stereocenters. The summed E-state index contributed by atoms with van der Waals surface area (Å²) in [4.78, 5) is 0. The highest BCUT2D eigenvalue weighted by Gasteiger charge is 2.26. The number of allylic oxidation sites excluding steroid dienone is 1. The fraction of sp³-hybridized carbons (Fsp3) is 0.333. The van der Waals surface area contributed by atoms with Crippen LogP contribution in [0.15, 0.2) is 60.7 Å². The number of ether oxygens (including phenoxy) is 1. The summed E-state index contributed by atoms with van der Waals surface area (Å²) in [5, 5.41) is 0. The zero-order valence-corrected chi connectivity index (χ0v) is 20.1. The van der Waals surface area contributed by atoms with E-state index in [1.165, 1.54) is 0 Å². The van der Waals surface area contributed by atoms with Gasteiger partial charge in [-0.2, -0.15) is 0 Å². The maximum absolute atomic E-state index is 15.0. The highest BCUT2D eigenvalue weighted by molar-refractivity contribution is 5.71. The zero-order chi connectivity index (χ0) is 24.9. The van der Waals surface area contributed by atoms with Gasteiger partial charge in [0.15, 0.2) is 23.3 Å². The van der Waals surface area contributed by atoms with Crippen molar-refractivity contribution in [3.8, 4) is 22.3 Å². The van der Waals surface area contributed by atoms with Crippen molar-refractivity contribution in [2.24, 2.45) is 5.92 Å². The first-order valence-electron chi connectivity index (χ1n) is 12.2. The fourth-order valence-electron chi connectivity index (χ4n) is 4.68. The molecular weight excluding hydrogens is 452 g/mol. The van der Waals surface area contributed by atoms with Gasteiger partial charge in [0.05, 0.1) is 12.7 Å². The first-order chi connectivity index (χ1) is 16.9.